The van der Waals surface area contributed by atoms with E-state index >= 15 is 0 Å². The van der Waals surface area contributed by atoms with Crippen molar-refractivity contribution in [1.29, 1.82) is 0 Å². The average molecular weight is 493 g/mol. The van der Waals surface area contributed by atoms with Crippen molar-refractivity contribution < 1.29 is 38.1 Å². The van der Waals surface area contributed by atoms with E-state index in [1.165, 1.54) is 4.90 Å². The van der Waals surface area contributed by atoms with Gasteiger partial charge in [0, 0.05) is 26.1 Å². The van der Waals surface area contributed by atoms with Crippen LogP contribution in [0.5, 0.6) is 0 Å². The van der Waals surface area contributed by atoms with Gasteiger partial charge in [0.2, 0.25) is 5.91 Å². The van der Waals surface area contributed by atoms with E-state index in [2.05, 4.69) is 0 Å². The second-order valence-corrected chi connectivity index (χ2v) is 8.21. The molecular weight excluding hydrogens is 456 g/mol. The van der Waals surface area contributed by atoms with Crippen LogP contribution >= 0.6 is 0 Å². The smallest absolute Gasteiger partial charge is 0.261 e. The number of fused-ring (bicyclic) bond motifs is 1. The fourth-order valence-electron chi connectivity index (χ4n) is 3.84. The van der Waals surface area contributed by atoms with Crippen LogP contribution in [-0.4, -0.2) is 113 Å². The molecule has 1 aromatic carbocycles. The van der Waals surface area contributed by atoms with Crippen LogP contribution in [0.3, 0.4) is 0 Å². The summed E-state index contributed by atoms with van der Waals surface area (Å²) < 4.78 is 27.5. The molecule has 0 saturated carbocycles. The van der Waals surface area contributed by atoms with Gasteiger partial charge < -0.3 is 28.6 Å². The van der Waals surface area contributed by atoms with Crippen LogP contribution in [0.2, 0.25) is 0 Å². The summed E-state index contributed by atoms with van der Waals surface area (Å²) in [4.78, 5) is 40.8. The SMILES string of the molecule is O=C(CCCCN1C(=O)c2ccccc2C1=O)N1CCOCCOCCOCCOCCOCC1. The number of amides is 3. The minimum absolute atomic E-state index is 0.00128. The van der Waals surface area contributed by atoms with Gasteiger partial charge in [-0.05, 0) is 25.0 Å². The first kappa shape index (κ1) is 27.2. The summed E-state index contributed by atoms with van der Waals surface area (Å²) in [6.07, 6.45) is 1.47. The predicted molar refractivity (Wildman–Crippen MR) is 126 cm³/mol. The van der Waals surface area contributed by atoms with Crippen molar-refractivity contribution in [1.82, 2.24) is 9.80 Å². The molecule has 1 fully saturated rings. The number of benzene rings is 1. The Hall–Kier alpha value is -2.37. The molecule has 2 aliphatic rings. The summed E-state index contributed by atoms with van der Waals surface area (Å²) in [5, 5.41) is 0. The molecule has 194 valence electrons. The second-order valence-electron chi connectivity index (χ2n) is 8.21. The molecule has 0 bridgehead atoms. The van der Waals surface area contributed by atoms with Crippen molar-refractivity contribution in [3.05, 3.63) is 35.4 Å². The molecule has 0 atom stereocenters. The highest BCUT2D eigenvalue weighted by Crippen LogP contribution is 2.22. The lowest BCUT2D eigenvalue weighted by atomic mass is 10.1. The van der Waals surface area contributed by atoms with Gasteiger partial charge in [0.1, 0.15) is 0 Å². The molecule has 10 heteroatoms. The van der Waals surface area contributed by atoms with Gasteiger partial charge in [-0.1, -0.05) is 12.1 Å². The number of ether oxygens (including phenoxy) is 5. The van der Waals surface area contributed by atoms with Gasteiger partial charge in [-0.25, -0.2) is 0 Å². The van der Waals surface area contributed by atoms with Crippen LogP contribution in [-0.2, 0) is 28.5 Å². The van der Waals surface area contributed by atoms with E-state index in [4.69, 9.17) is 23.7 Å². The van der Waals surface area contributed by atoms with E-state index in [1.807, 2.05) is 0 Å². The van der Waals surface area contributed by atoms with Gasteiger partial charge in [-0.3, -0.25) is 19.3 Å². The van der Waals surface area contributed by atoms with Crippen LogP contribution in [0.15, 0.2) is 24.3 Å². The lowest BCUT2D eigenvalue weighted by Crippen LogP contribution is -2.37. The maximum absolute atomic E-state index is 12.8. The maximum Gasteiger partial charge on any atom is 0.261 e. The van der Waals surface area contributed by atoms with E-state index in [0.717, 1.165) is 0 Å². The van der Waals surface area contributed by atoms with Crippen LogP contribution in [0.25, 0.3) is 0 Å². The summed E-state index contributed by atoms with van der Waals surface area (Å²) in [6, 6.07) is 6.84. The molecule has 3 rings (SSSR count). The monoisotopic (exact) mass is 492 g/mol. The Balaban J connectivity index is 1.39. The van der Waals surface area contributed by atoms with Gasteiger partial charge in [0.05, 0.1) is 77.2 Å². The van der Waals surface area contributed by atoms with Gasteiger partial charge in [-0.2, -0.15) is 0 Å². The fourth-order valence-corrected chi connectivity index (χ4v) is 3.84. The molecule has 2 aliphatic heterocycles. The molecule has 2 heterocycles. The van der Waals surface area contributed by atoms with Crippen LogP contribution in [0.1, 0.15) is 40.0 Å². The van der Waals surface area contributed by atoms with Crippen molar-refractivity contribution >= 4 is 17.7 Å². The van der Waals surface area contributed by atoms with E-state index in [0.29, 0.717) is 116 Å². The number of carbonyl (C=O) groups excluding carboxylic acids is 3. The normalized spacial score (nSPS) is 19.8. The first-order valence-corrected chi connectivity index (χ1v) is 12.3. The lowest BCUT2D eigenvalue weighted by Gasteiger charge is -2.23. The molecule has 3 amide bonds. The number of unbranched alkanes of at least 4 members (excludes halogenated alkanes) is 1. The summed E-state index contributed by atoms with van der Waals surface area (Å²) in [7, 11) is 0. The summed E-state index contributed by atoms with van der Waals surface area (Å²) in [5.74, 6) is -0.530. The van der Waals surface area contributed by atoms with Gasteiger partial charge in [0.25, 0.3) is 11.8 Å². The third-order valence-electron chi connectivity index (χ3n) is 5.75. The van der Waals surface area contributed by atoms with Crippen LogP contribution in [0, 0.1) is 0 Å². The highest BCUT2D eigenvalue weighted by atomic mass is 16.6. The number of hydrogen-bond acceptors (Lipinski definition) is 8. The first-order chi connectivity index (χ1) is 17.2. The van der Waals surface area contributed by atoms with Crippen molar-refractivity contribution in [2.75, 3.05) is 85.7 Å². The number of hydrogen-bond donors (Lipinski definition) is 0. The Morgan fingerprint density at radius 1 is 0.657 bits per heavy atom. The highest BCUT2D eigenvalue weighted by molar-refractivity contribution is 6.21. The topological polar surface area (TPSA) is 104 Å². The Kier molecular flexibility index (Phi) is 12.1. The van der Waals surface area contributed by atoms with Crippen molar-refractivity contribution in [2.45, 2.75) is 19.3 Å². The molecule has 35 heavy (non-hydrogen) atoms. The molecule has 0 aliphatic carbocycles. The van der Waals surface area contributed by atoms with Crippen LogP contribution in [0.4, 0.5) is 0 Å². The Morgan fingerprint density at radius 3 is 1.54 bits per heavy atom. The van der Waals surface area contributed by atoms with Gasteiger partial charge in [0.15, 0.2) is 0 Å². The number of nitrogens with zero attached hydrogens (tertiary/aromatic N) is 2. The third-order valence-corrected chi connectivity index (χ3v) is 5.75. The largest absolute Gasteiger partial charge is 0.377 e. The van der Waals surface area contributed by atoms with Gasteiger partial charge >= 0.3 is 0 Å². The number of rotatable bonds is 5. The van der Waals surface area contributed by atoms with E-state index < -0.39 is 0 Å². The van der Waals surface area contributed by atoms with E-state index in [9.17, 15) is 14.4 Å². The van der Waals surface area contributed by atoms with Crippen molar-refractivity contribution in [2.24, 2.45) is 0 Å². The second kappa shape index (κ2) is 15.6. The minimum atomic E-state index is -0.265. The zero-order chi connectivity index (χ0) is 24.7. The molecule has 0 aromatic heterocycles. The molecule has 1 saturated heterocycles. The first-order valence-electron chi connectivity index (χ1n) is 12.3. The predicted octanol–water partition coefficient (Wildman–Crippen LogP) is 1.38. The minimum Gasteiger partial charge on any atom is -0.377 e. The van der Waals surface area contributed by atoms with Gasteiger partial charge in [-0.15, -0.1) is 0 Å². The summed E-state index contributed by atoms with van der Waals surface area (Å²) in [6.45, 7) is 5.87. The number of carbonyl (C=O) groups is 3. The summed E-state index contributed by atoms with van der Waals surface area (Å²) >= 11 is 0. The Morgan fingerprint density at radius 2 is 1.09 bits per heavy atom. The highest BCUT2D eigenvalue weighted by Gasteiger charge is 2.34. The molecular formula is C25H36N2O8. The van der Waals surface area contributed by atoms with E-state index in [-0.39, 0.29) is 17.7 Å². The maximum atomic E-state index is 12.8. The molecule has 0 N–H and O–H groups in total. The van der Waals surface area contributed by atoms with E-state index in [1.54, 1.807) is 29.2 Å². The quantitative estimate of drug-likeness (QED) is 0.449. The standard InChI is InChI=1S/C25H36N2O8/c28-23(7-3-4-8-27-24(29)21-5-1-2-6-22(21)25(27)30)26-9-11-31-13-15-33-17-19-35-20-18-34-16-14-32-12-10-26/h1-2,5-6H,3-4,7-20H2. The molecule has 0 radical (unpaired) electrons. The molecule has 0 spiro atoms. The Labute approximate surface area is 206 Å². The molecule has 1 aromatic rings. The molecule has 10 nitrogen and oxygen atoms in total. The Bertz CT molecular complexity index is 765. The van der Waals surface area contributed by atoms with Crippen LogP contribution < -0.4 is 0 Å². The zero-order valence-electron chi connectivity index (χ0n) is 20.3. The molecule has 0 unspecified atom stereocenters. The fraction of sp³-hybridized carbons (Fsp3) is 0.640. The lowest BCUT2D eigenvalue weighted by molar-refractivity contribution is -0.133. The van der Waals surface area contributed by atoms with Crippen molar-refractivity contribution in [3.63, 3.8) is 0 Å². The third kappa shape index (κ3) is 8.97. The zero-order valence-corrected chi connectivity index (χ0v) is 20.3. The average Bonchev–Trinajstić information content (AvgIpc) is 3.11. The summed E-state index contributed by atoms with van der Waals surface area (Å²) in [5.41, 5.74) is 0.891. The number of imide groups is 1. The van der Waals surface area contributed by atoms with Crippen molar-refractivity contribution in [3.8, 4) is 0 Å².